The van der Waals surface area contributed by atoms with E-state index in [0.717, 1.165) is 17.7 Å². The second kappa shape index (κ2) is 7.91. The summed E-state index contributed by atoms with van der Waals surface area (Å²) in [6.45, 7) is 2.07. The van der Waals surface area contributed by atoms with Crippen molar-refractivity contribution in [1.82, 2.24) is 4.90 Å². The molecule has 0 atom stereocenters. The fourth-order valence-corrected chi connectivity index (χ4v) is 2.52. The minimum atomic E-state index is -0.509. The monoisotopic (exact) mass is 306 g/mol. The van der Waals surface area contributed by atoms with E-state index in [0.29, 0.717) is 32.8 Å². The number of rotatable bonds is 6. The zero-order chi connectivity index (χ0) is 15.9. The van der Waals surface area contributed by atoms with E-state index in [1.807, 2.05) is 24.3 Å². The number of nitrogens with zero attached hydrogens (tertiary/aromatic N) is 2. The molecule has 22 heavy (non-hydrogen) atoms. The van der Waals surface area contributed by atoms with Crippen LogP contribution in [0.25, 0.3) is 0 Å². The van der Waals surface area contributed by atoms with Crippen molar-refractivity contribution in [2.75, 3.05) is 52.0 Å². The van der Waals surface area contributed by atoms with Gasteiger partial charge in [-0.2, -0.15) is 0 Å². The number of methoxy groups -OCH3 is 2. The highest BCUT2D eigenvalue weighted by atomic mass is 16.5. The highest BCUT2D eigenvalue weighted by Gasteiger charge is 2.31. The largest absolute Gasteiger partial charge is 0.383 e. The molecule has 1 heterocycles. The average Bonchev–Trinajstić information content (AvgIpc) is 2.98. The van der Waals surface area contributed by atoms with Crippen LogP contribution in [0.5, 0.6) is 0 Å². The highest BCUT2D eigenvalue weighted by Crippen LogP contribution is 2.27. The lowest BCUT2D eigenvalue weighted by Gasteiger charge is -2.24. The number of benzene rings is 1. The van der Waals surface area contributed by atoms with Crippen molar-refractivity contribution < 1.29 is 19.1 Å². The van der Waals surface area contributed by atoms with E-state index in [4.69, 9.17) is 9.47 Å². The molecule has 0 spiro atoms. The molecule has 2 amide bonds. The fourth-order valence-electron chi connectivity index (χ4n) is 2.52. The van der Waals surface area contributed by atoms with Crippen molar-refractivity contribution in [3.8, 4) is 0 Å². The minimum Gasteiger partial charge on any atom is -0.383 e. The highest BCUT2D eigenvalue weighted by molar-refractivity contribution is 6.40. The topological polar surface area (TPSA) is 59.1 Å². The van der Waals surface area contributed by atoms with Gasteiger partial charge in [-0.05, 0) is 18.1 Å². The van der Waals surface area contributed by atoms with Crippen molar-refractivity contribution in [1.29, 1.82) is 0 Å². The van der Waals surface area contributed by atoms with Gasteiger partial charge in [-0.25, -0.2) is 0 Å². The summed E-state index contributed by atoms with van der Waals surface area (Å²) in [5, 5.41) is 0. The summed E-state index contributed by atoms with van der Waals surface area (Å²) in [5.74, 6) is -0.997. The van der Waals surface area contributed by atoms with E-state index in [1.54, 1.807) is 19.1 Å². The van der Waals surface area contributed by atoms with Crippen LogP contribution in [0.3, 0.4) is 0 Å². The first kappa shape index (κ1) is 16.5. The summed E-state index contributed by atoms with van der Waals surface area (Å²) in [6, 6.07) is 7.68. The molecule has 0 bridgehead atoms. The first-order valence-electron chi connectivity index (χ1n) is 7.35. The molecule has 2 rings (SSSR count). The first-order chi connectivity index (χ1) is 10.7. The van der Waals surface area contributed by atoms with E-state index in [1.165, 1.54) is 4.90 Å². The van der Waals surface area contributed by atoms with Gasteiger partial charge in [0.05, 0.1) is 13.2 Å². The first-order valence-corrected chi connectivity index (χ1v) is 7.35. The van der Waals surface area contributed by atoms with Crippen molar-refractivity contribution in [2.24, 2.45) is 0 Å². The van der Waals surface area contributed by atoms with Crippen molar-refractivity contribution in [3.05, 3.63) is 29.8 Å². The molecule has 0 aromatic heterocycles. The Balaban J connectivity index is 2.08. The molecule has 6 nitrogen and oxygen atoms in total. The molecule has 0 aliphatic carbocycles. The summed E-state index contributed by atoms with van der Waals surface area (Å²) in [5.41, 5.74) is 1.93. The number of hydrogen-bond donors (Lipinski definition) is 0. The molecule has 1 aliphatic rings. The van der Waals surface area contributed by atoms with Crippen LogP contribution >= 0.6 is 0 Å². The predicted octanol–water partition coefficient (Wildman–Crippen LogP) is 0.697. The van der Waals surface area contributed by atoms with Gasteiger partial charge < -0.3 is 19.3 Å². The maximum Gasteiger partial charge on any atom is 0.316 e. The van der Waals surface area contributed by atoms with Crippen LogP contribution in [-0.4, -0.2) is 63.8 Å². The van der Waals surface area contributed by atoms with Crippen LogP contribution in [-0.2, 0) is 25.5 Å². The summed E-state index contributed by atoms with van der Waals surface area (Å²) in [6.07, 6.45) is 0.783. The normalized spacial score (nSPS) is 13.1. The lowest BCUT2D eigenvalue weighted by molar-refractivity contribution is -0.145. The predicted molar refractivity (Wildman–Crippen MR) is 82.8 cm³/mol. The van der Waals surface area contributed by atoms with E-state index in [2.05, 4.69) is 0 Å². The number of amides is 2. The maximum absolute atomic E-state index is 12.5. The Hall–Kier alpha value is -1.92. The number of carbonyl (C=O) groups is 2. The SMILES string of the molecule is COCCN(CCOC)C(=O)C(=O)N1CCc2ccccc21. The molecule has 0 fully saturated rings. The Morgan fingerprint density at radius 3 is 2.41 bits per heavy atom. The van der Waals surface area contributed by atoms with Gasteiger partial charge in [0, 0.05) is 39.5 Å². The number of fused-ring (bicyclic) bond motifs is 1. The molecule has 0 N–H and O–H groups in total. The molecule has 0 unspecified atom stereocenters. The van der Waals surface area contributed by atoms with Gasteiger partial charge in [0.1, 0.15) is 0 Å². The Labute approximate surface area is 130 Å². The van der Waals surface area contributed by atoms with Crippen LogP contribution in [0.2, 0.25) is 0 Å². The third kappa shape index (κ3) is 3.64. The smallest absolute Gasteiger partial charge is 0.316 e. The molecule has 1 aromatic carbocycles. The van der Waals surface area contributed by atoms with Gasteiger partial charge in [-0.3, -0.25) is 9.59 Å². The Bertz CT molecular complexity index is 525. The van der Waals surface area contributed by atoms with Crippen LogP contribution in [0.4, 0.5) is 5.69 Å². The van der Waals surface area contributed by atoms with Crippen LogP contribution in [0.15, 0.2) is 24.3 Å². The van der Waals surface area contributed by atoms with Crippen molar-refractivity contribution in [3.63, 3.8) is 0 Å². The Kier molecular flexibility index (Phi) is 5.91. The number of para-hydroxylation sites is 1. The summed E-state index contributed by atoms with van der Waals surface area (Å²) in [4.78, 5) is 28.0. The van der Waals surface area contributed by atoms with Crippen LogP contribution in [0, 0.1) is 0 Å². The average molecular weight is 306 g/mol. The fraction of sp³-hybridized carbons (Fsp3) is 0.500. The number of hydrogen-bond acceptors (Lipinski definition) is 4. The van der Waals surface area contributed by atoms with E-state index in [9.17, 15) is 9.59 Å². The standard InChI is InChI=1S/C16H22N2O4/c1-21-11-9-17(10-12-22-2)15(19)16(20)18-8-7-13-5-3-4-6-14(13)18/h3-6H,7-12H2,1-2H3. The molecular formula is C16H22N2O4. The quantitative estimate of drug-likeness (QED) is 0.726. The number of anilines is 1. The van der Waals surface area contributed by atoms with Crippen LogP contribution < -0.4 is 4.90 Å². The Morgan fingerprint density at radius 1 is 1.14 bits per heavy atom. The number of carbonyl (C=O) groups excluding carboxylic acids is 2. The number of ether oxygens (including phenoxy) is 2. The Morgan fingerprint density at radius 2 is 1.77 bits per heavy atom. The lowest BCUT2D eigenvalue weighted by atomic mass is 10.2. The molecular weight excluding hydrogens is 284 g/mol. The van der Waals surface area contributed by atoms with Crippen molar-refractivity contribution in [2.45, 2.75) is 6.42 Å². The zero-order valence-electron chi connectivity index (χ0n) is 13.1. The van der Waals surface area contributed by atoms with Gasteiger partial charge in [-0.1, -0.05) is 18.2 Å². The lowest BCUT2D eigenvalue weighted by Crippen LogP contribution is -2.47. The van der Waals surface area contributed by atoms with Gasteiger partial charge >= 0.3 is 11.8 Å². The molecule has 0 saturated carbocycles. The second-order valence-electron chi connectivity index (χ2n) is 5.11. The van der Waals surface area contributed by atoms with Crippen LogP contribution in [0.1, 0.15) is 5.56 Å². The molecule has 1 aliphatic heterocycles. The molecule has 1 aromatic rings. The van der Waals surface area contributed by atoms with Gasteiger partial charge in [0.2, 0.25) is 0 Å². The third-order valence-corrected chi connectivity index (χ3v) is 3.73. The summed E-state index contributed by atoms with van der Waals surface area (Å²) >= 11 is 0. The van der Waals surface area contributed by atoms with Gasteiger partial charge in [-0.15, -0.1) is 0 Å². The molecule has 0 radical (unpaired) electrons. The van der Waals surface area contributed by atoms with E-state index in [-0.39, 0.29) is 0 Å². The third-order valence-electron chi connectivity index (χ3n) is 3.73. The minimum absolute atomic E-state index is 0.375. The van der Waals surface area contributed by atoms with E-state index >= 15 is 0 Å². The zero-order valence-corrected chi connectivity index (χ0v) is 13.1. The van der Waals surface area contributed by atoms with Crippen molar-refractivity contribution >= 4 is 17.5 Å². The van der Waals surface area contributed by atoms with Gasteiger partial charge in [0.25, 0.3) is 0 Å². The molecule has 120 valence electrons. The summed E-state index contributed by atoms with van der Waals surface area (Å²) in [7, 11) is 3.13. The summed E-state index contributed by atoms with van der Waals surface area (Å²) < 4.78 is 10.0. The molecule has 0 saturated heterocycles. The van der Waals surface area contributed by atoms with Gasteiger partial charge in [0.15, 0.2) is 0 Å². The second-order valence-corrected chi connectivity index (χ2v) is 5.11. The van der Waals surface area contributed by atoms with E-state index < -0.39 is 11.8 Å². The molecule has 6 heteroatoms. The maximum atomic E-state index is 12.5.